The Kier molecular flexibility index (Phi) is 4.00. The third-order valence-electron chi connectivity index (χ3n) is 3.75. The van der Waals surface area contributed by atoms with Gasteiger partial charge in [0.05, 0.1) is 19.3 Å². The number of nitrogens with one attached hydrogen (secondary N) is 1. The van der Waals surface area contributed by atoms with Gasteiger partial charge in [-0.15, -0.1) is 0 Å². The summed E-state index contributed by atoms with van der Waals surface area (Å²) in [5.41, 5.74) is 2.28. The third kappa shape index (κ3) is 2.69. The topological polar surface area (TPSA) is 41.5 Å². The Balaban J connectivity index is 1.81. The van der Waals surface area contributed by atoms with E-state index in [0.717, 1.165) is 17.7 Å². The van der Waals surface area contributed by atoms with Gasteiger partial charge in [0.2, 0.25) is 0 Å². The summed E-state index contributed by atoms with van der Waals surface area (Å²) in [6, 6.07) is 18.3. The first-order chi connectivity index (χ1) is 9.88. The summed E-state index contributed by atoms with van der Waals surface area (Å²) in [4.78, 5) is 0. The smallest absolute Gasteiger partial charge is 0.124 e. The van der Waals surface area contributed by atoms with Crippen molar-refractivity contribution in [2.24, 2.45) is 0 Å². The van der Waals surface area contributed by atoms with Crippen LogP contribution in [0.1, 0.15) is 29.6 Å². The highest BCUT2D eigenvalue weighted by molar-refractivity contribution is 5.37. The van der Waals surface area contributed by atoms with Crippen molar-refractivity contribution < 1.29 is 9.84 Å². The van der Waals surface area contributed by atoms with Crippen molar-refractivity contribution in [3.8, 4) is 5.75 Å². The maximum atomic E-state index is 9.66. The molecule has 20 heavy (non-hydrogen) atoms. The predicted octanol–water partition coefficient (Wildman–Crippen LogP) is 2.83. The van der Waals surface area contributed by atoms with Gasteiger partial charge in [-0.1, -0.05) is 48.5 Å². The standard InChI is InChI=1S/C17H19NO2/c19-12-16(13-6-2-1-3-7-13)18-15-10-11-20-17-9-5-4-8-14(15)17/h1-9,15-16,18-19H,10-12H2/t15?,16-/m1/s1. The molecule has 2 aromatic carbocycles. The van der Waals surface area contributed by atoms with Gasteiger partial charge < -0.3 is 15.2 Å². The number of aliphatic hydroxyl groups is 1. The molecule has 1 aliphatic rings. The van der Waals surface area contributed by atoms with Crippen LogP contribution in [-0.2, 0) is 0 Å². The third-order valence-corrected chi connectivity index (χ3v) is 3.75. The fourth-order valence-corrected chi connectivity index (χ4v) is 2.70. The molecule has 0 aromatic heterocycles. The van der Waals surface area contributed by atoms with E-state index >= 15 is 0 Å². The highest BCUT2D eigenvalue weighted by Crippen LogP contribution is 2.33. The zero-order chi connectivity index (χ0) is 13.8. The van der Waals surface area contributed by atoms with Crippen LogP contribution in [0.25, 0.3) is 0 Å². The summed E-state index contributed by atoms with van der Waals surface area (Å²) in [5.74, 6) is 0.945. The van der Waals surface area contributed by atoms with Crippen molar-refractivity contribution in [3.63, 3.8) is 0 Å². The Morgan fingerprint density at radius 3 is 2.65 bits per heavy atom. The van der Waals surface area contributed by atoms with E-state index in [-0.39, 0.29) is 18.7 Å². The van der Waals surface area contributed by atoms with Crippen molar-refractivity contribution in [3.05, 3.63) is 65.7 Å². The molecule has 104 valence electrons. The Bertz CT molecular complexity index is 556. The number of rotatable bonds is 4. The van der Waals surface area contributed by atoms with E-state index in [1.165, 1.54) is 5.56 Å². The molecule has 0 aliphatic carbocycles. The van der Waals surface area contributed by atoms with E-state index in [1.807, 2.05) is 48.5 Å². The molecule has 1 unspecified atom stereocenters. The molecule has 0 radical (unpaired) electrons. The second-order valence-electron chi connectivity index (χ2n) is 5.04. The monoisotopic (exact) mass is 269 g/mol. The fraction of sp³-hybridized carbons (Fsp3) is 0.294. The molecule has 3 nitrogen and oxygen atoms in total. The molecule has 0 fully saturated rings. The molecule has 3 heteroatoms. The first kappa shape index (κ1) is 13.2. The Hall–Kier alpha value is -1.84. The van der Waals surface area contributed by atoms with Crippen LogP contribution >= 0.6 is 0 Å². The minimum atomic E-state index is -0.0487. The molecule has 0 spiro atoms. The van der Waals surface area contributed by atoms with Crippen molar-refractivity contribution in [1.82, 2.24) is 5.32 Å². The summed E-state index contributed by atoms with van der Waals surface area (Å²) < 4.78 is 5.67. The highest BCUT2D eigenvalue weighted by atomic mass is 16.5. The molecule has 3 rings (SSSR count). The van der Waals surface area contributed by atoms with Crippen LogP contribution in [0.15, 0.2) is 54.6 Å². The molecule has 1 heterocycles. The molecular weight excluding hydrogens is 250 g/mol. The number of fused-ring (bicyclic) bond motifs is 1. The van der Waals surface area contributed by atoms with E-state index in [2.05, 4.69) is 11.4 Å². The lowest BCUT2D eigenvalue weighted by molar-refractivity contribution is 0.204. The van der Waals surface area contributed by atoms with Crippen molar-refractivity contribution in [1.29, 1.82) is 0 Å². The van der Waals surface area contributed by atoms with Gasteiger partial charge in [0.1, 0.15) is 5.75 Å². The lowest BCUT2D eigenvalue weighted by Gasteiger charge is -2.30. The second kappa shape index (κ2) is 6.07. The van der Waals surface area contributed by atoms with E-state index in [1.54, 1.807) is 0 Å². The van der Waals surface area contributed by atoms with Crippen LogP contribution in [0.2, 0.25) is 0 Å². The molecule has 2 N–H and O–H groups in total. The largest absolute Gasteiger partial charge is 0.493 e. The van der Waals surface area contributed by atoms with Gasteiger partial charge in [-0.3, -0.25) is 0 Å². The van der Waals surface area contributed by atoms with Gasteiger partial charge in [-0.2, -0.15) is 0 Å². The Morgan fingerprint density at radius 1 is 1.10 bits per heavy atom. The first-order valence-corrected chi connectivity index (χ1v) is 7.02. The summed E-state index contributed by atoms with van der Waals surface area (Å²) in [6.07, 6.45) is 0.917. The molecule has 0 saturated heterocycles. The molecular formula is C17H19NO2. The van der Waals surface area contributed by atoms with E-state index in [0.29, 0.717) is 6.61 Å². The average Bonchev–Trinajstić information content (AvgIpc) is 2.53. The maximum absolute atomic E-state index is 9.66. The number of para-hydroxylation sites is 1. The summed E-state index contributed by atoms with van der Waals surface area (Å²) in [7, 11) is 0. The van der Waals surface area contributed by atoms with Crippen molar-refractivity contribution >= 4 is 0 Å². The quantitative estimate of drug-likeness (QED) is 0.896. The number of aliphatic hydroxyl groups excluding tert-OH is 1. The SMILES string of the molecule is OC[C@@H](NC1CCOc2ccccc21)c1ccccc1. The van der Waals surface area contributed by atoms with Crippen LogP contribution in [-0.4, -0.2) is 18.3 Å². The van der Waals surface area contributed by atoms with Gasteiger partial charge in [-0.05, 0) is 11.6 Å². The van der Waals surface area contributed by atoms with Crippen LogP contribution < -0.4 is 10.1 Å². The molecule has 0 saturated carbocycles. The molecule has 0 amide bonds. The number of benzene rings is 2. The zero-order valence-corrected chi connectivity index (χ0v) is 11.3. The van der Waals surface area contributed by atoms with Crippen LogP contribution in [0, 0.1) is 0 Å². The van der Waals surface area contributed by atoms with Gasteiger partial charge >= 0.3 is 0 Å². The van der Waals surface area contributed by atoms with E-state index in [9.17, 15) is 5.11 Å². The Labute approximate surface area is 119 Å². The number of hydrogen-bond acceptors (Lipinski definition) is 3. The summed E-state index contributed by atoms with van der Waals surface area (Å²) >= 11 is 0. The summed E-state index contributed by atoms with van der Waals surface area (Å²) in [5, 5.41) is 13.2. The van der Waals surface area contributed by atoms with E-state index in [4.69, 9.17) is 4.74 Å². The Morgan fingerprint density at radius 2 is 1.85 bits per heavy atom. The lowest BCUT2D eigenvalue weighted by Crippen LogP contribution is -2.32. The average molecular weight is 269 g/mol. The van der Waals surface area contributed by atoms with Crippen LogP contribution in [0.4, 0.5) is 0 Å². The zero-order valence-electron chi connectivity index (χ0n) is 11.3. The van der Waals surface area contributed by atoms with Crippen molar-refractivity contribution in [2.75, 3.05) is 13.2 Å². The lowest BCUT2D eigenvalue weighted by atomic mass is 9.98. The highest BCUT2D eigenvalue weighted by Gasteiger charge is 2.23. The van der Waals surface area contributed by atoms with Crippen LogP contribution in [0.5, 0.6) is 5.75 Å². The maximum Gasteiger partial charge on any atom is 0.124 e. The van der Waals surface area contributed by atoms with E-state index < -0.39 is 0 Å². The van der Waals surface area contributed by atoms with Gasteiger partial charge in [0, 0.05) is 18.0 Å². The van der Waals surface area contributed by atoms with Gasteiger partial charge in [0.25, 0.3) is 0 Å². The molecule has 2 atom stereocenters. The fourth-order valence-electron chi connectivity index (χ4n) is 2.70. The number of ether oxygens (including phenoxy) is 1. The predicted molar refractivity (Wildman–Crippen MR) is 78.7 cm³/mol. The normalized spacial score (nSPS) is 18.9. The molecule has 1 aliphatic heterocycles. The molecule has 0 bridgehead atoms. The van der Waals surface area contributed by atoms with Crippen LogP contribution in [0.3, 0.4) is 0 Å². The molecule has 2 aromatic rings. The van der Waals surface area contributed by atoms with Gasteiger partial charge in [-0.25, -0.2) is 0 Å². The van der Waals surface area contributed by atoms with Gasteiger partial charge in [0.15, 0.2) is 0 Å². The summed E-state index contributed by atoms with van der Waals surface area (Å²) in [6.45, 7) is 0.797. The first-order valence-electron chi connectivity index (χ1n) is 7.02. The van der Waals surface area contributed by atoms with Crippen molar-refractivity contribution in [2.45, 2.75) is 18.5 Å². The number of hydrogen-bond donors (Lipinski definition) is 2. The second-order valence-corrected chi connectivity index (χ2v) is 5.04. The minimum absolute atomic E-state index is 0.0487. The minimum Gasteiger partial charge on any atom is -0.493 e.